The SMILES string of the molecule is O=[N+]([O-])c1cccc(S(=O)(=O)Cl)c1OC(F)(F)F. The van der Waals surface area contributed by atoms with Crippen LogP contribution in [0.3, 0.4) is 0 Å². The molecule has 0 fully saturated rings. The van der Waals surface area contributed by atoms with Crippen molar-refractivity contribution in [2.24, 2.45) is 0 Å². The van der Waals surface area contributed by atoms with E-state index >= 15 is 0 Å². The first-order chi connectivity index (χ1) is 8.02. The van der Waals surface area contributed by atoms with E-state index in [-0.39, 0.29) is 0 Å². The molecule has 0 radical (unpaired) electrons. The summed E-state index contributed by atoms with van der Waals surface area (Å²) >= 11 is 0. The number of alkyl halides is 3. The highest BCUT2D eigenvalue weighted by molar-refractivity contribution is 8.13. The summed E-state index contributed by atoms with van der Waals surface area (Å²) in [5.74, 6) is -1.47. The third-order valence-electron chi connectivity index (χ3n) is 1.64. The first-order valence-electron chi connectivity index (χ1n) is 4.00. The summed E-state index contributed by atoms with van der Waals surface area (Å²) in [6, 6.07) is 2.19. The Bertz CT molecular complexity index is 585. The molecule has 0 saturated carbocycles. The van der Waals surface area contributed by atoms with Crippen LogP contribution >= 0.6 is 10.7 Å². The average molecular weight is 306 g/mol. The third-order valence-corrected chi connectivity index (χ3v) is 2.98. The molecule has 0 amide bonds. The number of para-hydroxylation sites is 1. The van der Waals surface area contributed by atoms with Crippen LogP contribution in [0.5, 0.6) is 5.75 Å². The van der Waals surface area contributed by atoms with Crippen molar-refractivity contribution in [3.05, 3.63) is 28.3 Å². The summed E-state index contributed by atoms with van der Waals surface area (Å²) in [7, 11) is 0.252. The van der Waals surface area contributed by atoms with Gasteiger partial charge in [0, 0.05) is 16.7 Å². The second-order valence-corrected chi connectivity index (χ2v) is 5.38. The summed E-state index contributed by atoms with van der Waals surface area (Å²) in [6.07, 6.45) is -5.29. The minimum absolute atomic E-state index is 0.659. The topological polar surface area (TPSA) is 86.5 Å². The summed E-state index contributed by atoms with van der Waals surface area (Å²) in [4.78, 5) is 8.16. The second kappa shape index (κ2) is 4.61. The number of rotatable bonds is 3. The van der Waals surface area contributed by atoms with E-state index in [0.717, 1.165) is 6.07 Å². The highest BCUT2D eigenvalue weighted by Gasteiger charge is 2.38. The van der Waals surface area contributed by atoms with Crippen LogP contribution in [0.25, 0.3) is 0 Å². The highest BCUT2D eigenvalue weighted by Crippen LogP contribution is 2.38. The molecule has 0 unspecified atom stereocenters. The van der Waals surface area contributed by atoms with Crippen molar-refractivity contribution >= 4 is 25.4 Å². The first-order valence-corrected chi connectivity index (χ1v) is 6.31. The Balaban J connectivity index is 3.55. The molecule has 0 bridgehead atoms. The normalized spacial score (nSPS) is 12.2. The van der Waals surface area contributed by atoms with E-state index in [4.69, 9.17) is 10.7 Å². The van der Waals surface area contributed by atoms with Gasteiger partial charge in [-0.25, -0.2) is 8.42 Å². The van der Waals surface area contributed by atoms with E-state index in [2.05, 4.69) is 4.74 Å². The summed E-state index contributed by atoms with van der Waals surface area (Å²) in [5.41, 5.74) is -1.16. The summed E-state index contributed by atoms with van der Waals surface area (Å²) in [5, 5.41) is 10.5. The number of benzene rings is 1. The Labute approximate surface area is 102 Å². The predicted octanol–water partition coefficient (Wildman–Crippen LogP) is 2.42. The fraction of sp³-hybridized carbons (Fsp3) is 0.143. The van der Waals surface area contributed by atoms with Crippen LogP contribution in [0, 0.1) is 10.1 Å². The molecule has 0 saturated heterocycles. The maximum atomic E-state index is 12.1. The Morgan fingerprint density at radius 1 is 1.33 bits per heavy atom. The van der Waals surface area contributed by atoms with Gasteiger partial charge in [-0.15, -0.1) is 13.2 Å². The smallest absolute Gasteiger partial charge is 0.397 e. The standard InChI is InChI=1S/C7H3ClF3NO5S/c8-18(15,16)5-3-1-2-4(12(13)14)6(5)17-7(9,10)11/h1-3H. The minimum atomic E-state index is -5.29. The van der Waals surface area contributed by atoms with E-state index in [0.29, 0.717) is 12.1 Å². The lowest BCUT2D eigenvalue weighted by atomic mass is 10.3. The van der Waals surface area contributed by atoms with Crippen LogP contribution in [0.4, 0.5) is 18.9 Å². The minimum Gasteiger partial charge on any atom is -0.397 e. The van der Waals surface area contributed by atoms with Crippen LogP contribution in [-0.2, 0) is 9.05 Å². The highest BCUT2D eigenvalue weighted by atomic mass is 35.7. The van der Waals surface area contributed by atoms with Gasteiger partial charge in [0.25, 0.3) is 9.05 Å². The van der Waals surface area contributed by atoms with Crippen LogP contribution < -0.4 is 4.74 Å². The number of nitrogens with zero attached hydrogens (tertiary/aromatic N) is 1. The Morgan fingerprint density at radius 2 is 1.89 bits per heavy atom. The van der Waals surface area contributed by atoms with Crippen molar-refractivity contribution in [1.29, 1.82) is 0 Å². The number of hydrogen-bond donors (Lipinski definition) is 0. The van der Waals surface area contributed by atoms with Crippen molar-refractivity contribution in [3.8, 4) is 5.75 Å². The molecule has 0 aromatic heterocycles. The molecule has 11 heteroatoms. The van der Waals surface area contributed by atoms with E-state index < -0.39 is 36.7 Å². The molecule has 0 aliphatic rings. The van der Waals surface area contributed by atoms with Crippen molar-refractivity contribution < 1.29 is 31.2 Å². The van der Waals surface area contributed by atoms with E-state index in [1.807, 2.05) is 0 Å². The van der Waals surface area contributed by atoms with Gasteiger partial charge in [-0.05, 0) is 6.07 Å². The first kappa shape index (κ1) is 14.5. The Hall–Kier alpha value is -1.55. The van der Waals surface area contributed by atoms with E-state index in [1.54, 1.807) is 0 Å². The number of ether oxygens (including phenoxy) is 1. The number of hydrogen-bond acceptors (Lipinski definition) is 5. The second-order valence-electron chi connectivity index (χ2n) is 2.85. The molecule has 0 N–H and O–H groups in total. The molecule has 18 heavy (non-hydrogen) atoms. The summed E-state index contributed by atoms with van der Waals surface area (Å²) in [6.45, 7) is 0. The van der Waals surface area contributed by atoms with Crippen molar-refractivity contribution in [1.82, 2.24) is 0 Å². The van der Waals surface area contributed by atoms with Gasteiger partial charge in [0.05, 0.1) is 4.92 Å². The molecule has 0 aliphatic heterocycles. The molecular formula is C7H3ClF3NO5S. The zero-order valence-corrected chi connectivity index (χ0v) is 9.71. The van der Waals surface area contributed by atoms with Crippen molar-refractivity contribution in [3.63, 3.8) is 0 Å². The van der Waals surface area contributed by atoms with Gasteiger partial charge >= 0.3 is 12.0 Å². The van der Waals surface area contributed by atoms with Gasteiger partial charge in [-0.2, -0.15) is 0 Å². The van der Waals surface area contributed by atoms with Crippen molar-refractivity contribution in [2.75, 3.05) is 0 Å². The molecule has 1 aromatic carbocycles. The molecule has 1 rings (SSSR count). The van der Waals surface area contributed by atoms with Gasteiger partial charge in [-0.1, -0.05) is 6.07 Å². The molecule has 0 aliphatic carbocycles. The average Bonchev–Trinajstić information content (AvgIpc) is 2.13. The van der Waals surface area contributed by atoms with E-state index in [9.17, 15) is 31.7 Å². The van der Waals surface area contributed by atoms with Crippen LogP contribution in [0.2, 0.25) is 0 Å². The molecule has 6 nitrogen and oxygen atoms in total. The molecule has 100 valence electrons. The summed E-state index contributed by atoms with van der Waals surface area (Å²) < 4.78 is 61.6. The monoisotopic (exact) mass is 305 g/mol. The van der Waals surface area contributed by atoms with Crippen LogP contribution in [0.15, 0.2) is 23.1 Å². The lowest BCUT2D eigenvalue weighted by molar-refractivity contribution is -0.389. The fourth-order valence-electron chi connectivity index (χ4n) is 1.06. The number of nitro groups is 1. The van der Waals surface area contributed by atoms with Crippen LogP contribution in [0.1, 0.15) is 0 Å². The zero-order chi connectivity index (χ0) is 14.1. The predicted molar refractivity (Wildman–Crippen MR) is 52.8 cm³/mol. The lowest BCUT2D eigenvalue weighted by Crippen LogP contribution is -2.19. The molecule has 0 atom stereocenters. The van der Waals surface area contributed by atoms with Gasteiger partial charge < -0.3 is 4.74 Å². The third kappa shape index (κ3) is 3.47. The van der Waals surface area contributed by atoms with Gasteiger partial charge in [0.1, 0.15) is 4.90 Å². The van der Waals surface area contributed by atoms with Gasteiger partial charge in [0.15, 0.2) is 0 Å². The molecular weight excluding hydrogens is 303 g/mol. The maximum absolute atomic E-state index is 12.1. The van der Waals surface area contributed by atoms with Crippen molar-refractivity contribution in [2.45, 2.75) is 11.3 Å². The van der Waals surface area contributed by atoms with Crippen LogP contribution in [-0.4, -0.2) is 19.7 Å². The largest absolute Gasteiger partial charge is 0.573 e. The van der Waals surface area contributed by atoms with Gasteiger partial charge in [-0.3, -0.25) is 10.1 Å². The maximum Gasteiger partial charge on any atom is 0.573 e. The quantitative estimate of drug-likeness (QED) is 0.486. The number of halogens is 4. The molecule has 1 aromatic rings. The molecule has 0 heterocycles. The lowest BCUT2D eigenvalue weighted by Gasteiger charge is -2.11. The molecule has 0 spiro atoms. The fourth-order valence-corrected chi connectivity index (χ4v) is 2.03. The van der Waals surface area contributed by atoms with Gasteiger partial charge in [0.2, 0.25) is 5.75 Å². The zero-order valence-electron chi connectivity index (χ0n) is 8.14. The number of nitro benzene ring substituents is 1. The Morgan fingerprint density at radius 3 is 2.28 bits per heavy atom. The van der Waals surface area contributed by atoms with E-state index in [1.165, 1.54) is 0 Å². The Kier molecular flexibility index (Phi) is 3.72.